The number of para-hydroxylation sites is 1. The highest BCUT2D eigenvalue weighted by Crippen LogP contribution is 2.45. The second kappa shape index (κ2) is 16.8. The standard InChI is InChI=1S/C64H44N2/c1-5-17-45(18-6-1)48-31-33-49(34-32-48)50-35-38-56(39-36-50)65(58-43-53(46-19-7-2-8-20-46)41-54(44-58)47-21-9-3-10-22-47)57-27-15-24-52(42-57)59-29-16-30-62-63(59)61-40-37-51-23-13-14-28-60(51)64(61)66(62)55-25-11-4-12-26-55/h1-44H. The lowest BCUT2D eigenvalue weighted by Crippen LogP contribution is -2.10. The summed E-state index contributed by atoms with van der Waals surface area (Å²) in [5, 5.41) is 4.95. The normalized spacial score (nSPS) is 11.3. The molecule has 12 aromatic rings. The van der Waals surface area contributed by atoms with Gasteiger partial charge in [0.1, 0.15) is 0 Å². The first kappa shape index (κ1) is 38.9. The van der Waals surface area contributed by atoms with Crippen LogP contribution in [0.5, 0.6) is 0 Å². The summed E-state index contributed by atoms with van der Waals surface area (Å²) in [5.41, 5.74) is 18.6. The van der Waals surface area contributed by atoms with Crippen LogP contribution in [0.2, 0.25) is 0 Å². The Bertz CT molecular complexity index is 3590. The maximum Gasteiger partial charge on any atom is 0.0619 e. The van der Waals surface area contributed by atoms with Gasteiger partial charge in [-0.2, -0.15) is 0 Å². The predicted molar refractivity (Wildman–Crippen MR) is 280 cm³/mol. The average Bonchev–Trinajstić information content (AvgIpc) is 3.75. The van der Waals surface area contributed by atoms with E-state index in [1.54, 1.807) is 0 Å². The molecule has 0 aliphatic heterocycles. The van der Waals surface area contributed by atoms with Crippen molar-refractivity contribution in [3.05, 3.63) is 267 Å². The molecule has 66 heavy (non-hydrogen) atoms. The Hall–Kier alpha value is -8.72. The van der Waals surface area contributed by atoms with Crippen molar-refractivity contribution in [2.24, 2.45) is 0 Å². The van der Waals surface area contributed by atoms with Gasteiger partial charge in [0.15, 0.2) is 0 Å². The van der Waals surface area contributed by atoms with Gasteiger partial charge in [-0.25, -0.2) is 0 Å². The van der Waals surface area contributed by atoms with E-state index in [0.29, 0.717) is 0 Å². The number of hydrogen-bond donors (Lipinski definition) is 0. The molecule has 0 saturated carbocycles. The van der Waals surface area contributed by atoms with Crippen LogP contribution >= 0.6 is 0 Å². The van der Waals surface area contributed by atoms with Crippen LogP contribution in [0.15, 0.2) is 267 Å². The molecule has 11 aromatic carbocycles. The average molecular weight is 841 g/mol. The summed E-state index contributed by atoms with van der Waals surface area (Å²) in [6.45, 7) is 0. The zero-order valence-electron chi connectivity index (χ0n) is 36.3. The Labute approximate surface area is 385 Å². The Morgan fingerprint density at radius 3 is 1.38 bits per heavy atom. The Morgan fingerprint density at radius 1 is 0.273 bits per heavy atom. The van der Waals surface area contributed by atoms with E-state index in [2.05, 4.69) is 276 Å². The van der Waals surface area contributed by atoms with Crippen LogP contribution in [0.25, 0.3) is 93.9 Å². The van der Waals surface area contributed by atoms with Crippen molar-refractivity contribution in [2.45, 2.75) is 0 Å². The zero-order valence-corrected chi connectivity index (χ0v) is 36.3. The molecule has 1 aromatic heterocycles. The lowest BCUT2D eigenvalue weighted by molar-refractivity contribution is 1.19. The third-order valence-corrected chi connectivity index (χ3v) is 12.9. The van der Waals surface area contributed by atoms with E-state index < -0.39 is 0 Å². The molecule has 0 unspecified atom stereocenters. The Morgan fingerprint density at radius 2 is 0.758 bits per heavy atom. The molecule has 0 bridgehead atoms. The van der Waals surface area contributed by atoms with Gasteiger partial charge < -0.3 is 9.47 Å². The first-order valence-corrected chi connectivity index (χ1v) is 22.7. The third kappa shape index (κ3) is 7.12. The van der Waals surface area contributed by atoms with Crippen molar-refractivity contribution in [2.75, 3.05) is 4.90 Å². The minimum atomic E-state index is 1.07. The molecule has 310 valence electrons. The number of hydrogen-bond acceptors (Lipinski definition) is 1. The Kier molecular flexibility index (Phi) is 9.89. The molecule has 2 heteroatoms. The molecule has 0 fully saturated rings. The maximum absolute atomic E-state index is 2.45. The number of benzene rings is 11. The van der Waals surface area contributed by atoms with E-state index in [0.717, 1.165) is 39.4 Å². The topological polar surface area (TPSA) is 8.17 Å². The van der Waals surface area contributed by atoms with Gasteiger partial charge in [0.05, 0.1) is 11.0 Å². The summed E-state index contributed by atoms with van der Waals surface area (Å²) < 4.78 is 2.45. The quantitative estimate of drug-likeness (QED) is 0.141. The molecular weight excluding hydrogens is 797 g/mol. The molecule has 0 amide bonds. The van der Waals surface area contributed by atoms with Crippen LogP contribution < -0.4 is 4.90 Å². The van der Waals surface area contributed by atoms with Crippen molar-refractivity contribution in [1.29, 1.82) is 0 Å². The monoisotopic (exact) mass is 840 g/mol. The van der Waals surface area contributed by atoms with Crippen molar-refractivity contribution >= 4 is 49.6 Å². The third-order valence-electron chi connectivity index (χ3n) is 12.9. The molecule has 0 aliphatic rings. The molecule has 12 rings (SSSR count). The summed E-state index contributed by atoms with van der Waals surface area (Å²) in [6.07, 6.45) is 0. The summed E-state index contributed by atoms with van der Waals surface area (Å²) in [6, 6.07) is 96.9. The summed E-state index contributed by atoms with van der Waals surface area (Å²) in [7, 11) is 0. The SMILES string of the molecule is c1ccc(-c2ccc(-c3ccc(N(c4cc(-c5ccccc5)cc(-c5ccccc5)c4)c4cccc(-c5cccc6c5c5ccc7ccccc7c5n6-c5ccccc5)c4)cc3)cc2)cc1. The first-order valence-electron chi connectivity index (χ1n) is 22.7. The summed E-state index contributed by atoms with van der Waals surface area (Å²) >= 11 is 0. The number of nitrogens with zero attached hydrogens (tertiary/aromatic N) is 2. The van der Waals surface area contributed by atoms with Gasteiger partial charge in [-0.15, -0.1) is 0 Å². The number of aromatic nitrogens is 1. The van der Waals surface area contributed by atoms with Crippen LogP contribution in [0.3, 0.4) is 0 Å². The van der Waals surface area contributed by atoms with Crippen LogP contribution in [0, 0.1) is 0 Å². The van der Waals surface area contributed by atoms with Crippen molar-refractivity contribution in [3.63, 3.8) is 0 Å². The maximum atomic E-state index is 2.45. The van der Waals surface area contributed by atoms with Gasteiger partial charge in [-0.05, 0) is 122 Å². The second-order valence-corrected chi connectivity index (χ2v) is 16.9. The van der Waals surface area contributed by atoms with Crippen LogP contribution in [-0.4, -0.2) is 4.57 Å². The molecular formula is C64H44N2. The minimum Gasteiger partial charge on any atom is -0.310 e. The van der Waals surface area contributed by atoms with E-state index in [4.69, 9.17) is 0 Å². The van der Waals surface area contributed by atoms with Crippen molar-refractivity contribution in [3.8, 4) is 61.3 Å². The number of fused-ring (bicyclic) bond motifs is 5. The van der Waals surface area contributed by atoms with E-state index in [1.807, 2.05) is 0 Å². The number of anilines is 3. The predicted octanol–water partition coefficient (Wildman–Crippen LogP) is 17.7. The fourth-order valence-corrected chi connectivity index (χ4v) is 9.80. The molecule has 0 spiro atoms. The van der Waals surface area contributed by atoms with Gasteiger partial charge >= 0.3 is 0 Å². The molecule has 0 atom stereocenters. The lowest BCUT2D eigenvalue weighted by Gasteiger charge is -2.27. The molecule has 1 heterocycles. The second-order valence-electron chi connectivity index (χ2n) is 16.9. The molecule has 0 radical (unpaired) electrons. The fraction of sp³-hybridized carbons (Fsp3) is 0. The van der Waals surface area contributed by atoms with Crippen molar-refractivity contribution < 1.29 is 0 Å². The van der Waals surface area contributed by atoms with Gasteiger partial charge in [0.25, 0.3) is 0 Å². The van der Waals surface area contributed by atoms with Crippen LogP contribution in [-0.2, 0) is 0 Å². The molecule has 0 aliphatic carbocycles. The first-order chi connectivity index (χ1) is 32.7. The summed E-state index contributed by atoms with van der Waals surface area (Å²) in [4.78, 5) is 2.42. The van der Waals surface area contributed by atoms with Gasteiger partial charge in [0, 0.05) is 38.9 Å². The van der Waals surface area contributed by atoms with Crippen LogP contribution in [0.1, 0.15) is 0 Å². The largest absolute Gasteiger partial charge is 0.310 e. The zero-order chi connectivity index (χ0) is 43.8. The minimum absolute atomic E-state index is 1.07. The molecule has 0 N–H and O–H groups in total. The number of rotatable bonds is 9. The van der Waals surface area contributed by atoms with Crippen LogP contribution in [0.4, 0.5) is 17.1 Å². The van der Waals surface area contributed by atoms with E-state index in [9.17, 15) is 0 Å². The lowest BCUT2D eigenvalue weighted by atomic mass is 9.96. The fourth-order valence-electron chi connectivity index (χ4n) is 9.80. The van der Waals surface area contributed by atoms with Gasteiger partial charge in [0.2, 0.25) is 0 Å². The van der Waals surface area contributed by atoms with E-state index in [-0.39, 0.29) is 0 Å². The van der Waals surface area contributed by atoms with Crippen molar-refractivity contribution in [1.82, 2.24) is 4.57 Å². The van der Waals surface area contributed by atoms with Gasteiger partial charge in [-0.1, -0.05) is 206 Å². The molecule has 2 nitrogen and oxygen atoms in total. The van der Waals surface area contributed by atoms with E-state index >= 15 is 0 Å². The summed E-state index contributed by atoms with van der Waals surface area (Å²) in [5.74, 6) is 0. The molecule has 0 saturated heterocycles. The highest BCUT2D eigenvalue weighted by Gasteiger charge is 2.21. The smallest absolute Gasteiger partial charge is 0.0619 e. The highest BCUT2D eigenvalue weighted by atomic mass is 15.1. The Balaban J connectivity index is 1.04. The van der Waals surface area contributed by atoms with E-state index in [1.165, 1.54) is 71.5 Å². The van der Waals surface area contributed by atoms with Gasteiger partial charge in [-0.3, -0.25) is 0 Å². The highest BCUT2D eigenvalue weighted by molar-refractivity contribution is 6.22.